The van der Waals surface area contributed by atoms with Gasteiger partial charge in [-0.1, -0.05) is 13.3 Å². The van der Waals surface area contributed by atoms with Crippen LogP contribution in [0.1, 0.15) is 25.7 Å². The van der Waals surface area contributed by atoms with Gasteiger partial charge in [-0.15, -0.1) is 11.6 Å². The van der Waals surface area contributed by atoms with E-state index in [0.717, 1.165) is 30.7 Å². The number of hydrogen-bond donors (Lipinski definition) is 0. The van der Waals surface area contributed by atoms with Crippen LogP contribution in [0.15, 0.2) is 23.0 Å². The summed E-state index contributed by atoms with van der Waals surface area (Å²) in [6.45, 7) is 3.10. The number of oxazole rings is 1. The van der Waals surface area contributed by atoms with Gasteiger partial charge in [-0.25, -0.2) is 4.98 Å². The van der Waals surface area contributed by atoms with E-state index in [1.165, 1.54) is 0 Å². The Balaban J connectivity index is 2.11. The van der Waals surface area contributed by atoms with E-state index in [0.29, 0.717) is 11.8 Å². The molecule has 0 saturated carbocycles. The molecule has 16 heavy (non-hydrogen) atoms. The van der Waals surface area contributed by atoms with Crippen molar-refractivity contribution in [1.82, 2.24) is 14.8 Å². The fourth-order valence-corrected chi connectivity index (χ4v) is 1.56. The van der Waals surface area contributed by atoms with Crippen LogP contribution >= 0.6 is 11.6 Å². The number of nitrogens with zero attached hydrogens (tertiary/aromatic N) is 3. The van der Waals surface area contributed by atoms with Crippen molar-refractivity contribution in [2.24, 2.45) is 0 Å². The molecule has 0 amide bonds. The molecule has 2 aromatic rings. The number of unbranched alkanes of at least 4 members (excludes halogenated alkanes) is 1. The lowest BCUT2D eigenvalue weighted by molar-refractivity contribution is 0.528. The normalized spacial score (nSPS) is 10.9. The number of aromatic nitrogens is 3. The first-order valence-electron chi connectivity index (χ1n) is 5.37. The quantitative estimate of drug-likeness (QED) is 0.754. The second-order valence-corrected chi connectivity index (χ2v) is 3.86. The standard InChI is InChI=1S/C11H14ClN3O/c1-2-3-4-15-8-9(6-14-15)10-7-13-11(5-12)16-10/h6-8H,2-5H2,1H3. The van der Waals surface area contributed by atoms with Crippen LogP contribution in [0.2, 0.25) is 0 Å². The Morgan fingerprint density at radius 3 is 3.00 bits per heavy atom. The first-order valence-corrected chi connectivity index (χ1v) is 5.90. The molecule has 0 bridgehead atoms. The Morgan fingerprint density at radius 2 is 2.31 bits per heavy atom. The molecular weight excluding hydrogens is 226 g/mol. The fourth-order valence-electron chi connectivity index (χ4n) is 1.44. The molecule has 0 unspecified atom stereocenters. The molecule has 86 valence electrons. The Labute approximate surface area is 99.2 Å². The predicted octanol–water partition coefficient (Wildman–Crippen LogP) is 3.08. The van der Waals surface area contributed by atoms with Crippen LogP contribution in [0.25, 0.3) is 11.3 Å². The number of halogens is 1. The second-order valence-electron chi connectivity index (χ2n) is 3.60. The van der Waals surface area contributed by atoms with Crippen molar-refractivity contribution >= 4 is 11.6 Å². The average molecular weight is 240 g/mol. The molecular formula is C11H14ClN3O. The van der Waals surface area contributed by atoms with E-state index in [4.69, 9.17) is 16.0 Å². The van der Waals surface area contributed by atoms with E-state index in [1.807, 2.05) is 10.9 Å². The van der Waals surface area contributed by atoms with Crippen LogP contribution in [0.5, 0.6) is 0 Å². The van der Waals surface area contributed by atoms with Gasteiger partial charge in [0.15, 0.2) is 5.76 Å². The van der Waals surface area contributed by atoms with Crippen molar-refractivity contribution in [2.45, 2.75) is 32.2 Å². The number of alkyl halides is 1. The monoisotopic (exact) mass is 239 g/mol. The minimum Gasteiger partial charge on any atom is -0.439 e. The molecule has 2 aromatic heterocycles. The van der Waals surface area contributed by atoms with Crippen molar-refractivity contribution in [3.63, 3.8) is 0 Å². The largest absolute Gasteiger partial charge is 0.439 e. The number of aryl methyl sites for hydroxylation is 1. The van der Waals surface area contributed by atoms with Gasteiger partial charge in [0, 0.05) is 12.7 Å². The van der Waals surface area contributed by atoms with E-state index >= 15 is 0 Å². The lowest BCUT2D eigenvalue weighted by atomic mass is 10.3. The van der Waals surface area contributed by atoms with Crippen LogP contribution in [0.4, 0.5) is 0 Å². The summed E-state index contributed by atoms with van der Waals surface area (Å²) in [6, 6.07) is 0. The minimum absolute atomic E-state index is 0.296. The van der Waals surface area contributed by atoms with E-state index < -0.39 is 0 Å². The van der Waals surface area contributed by atoms with Gasteiger partial charge < -0.3 is 4.42 Å². The highest BCUT2D eigenvalue weighted by molar-refractivity contribution is 6.16. The molecule has 0 fully saturated rings. The van der Waals surface area contributed by atoms with Gasteiger partial charge >= 0.3 is 0 Å². The van der Waals surface area contributed by atoms with Crippen LogP contribution in [-0.2, 0) is 12.4 Å². The van der Waals surface area contributed by atoms with Crippen molar-refractivity contribution in [2.75, 3.05) is 0 Å². The lowest BCUT2D eigenvalue weighted by Gasteiger charge is -1.96. The maximum Gasteiger partial charge on any atom is 0.209 e. The molecule has 0 aliphatic heterocycles. The third-order valence-corrected chi connectivity index (χ3v) is 2.56. The summed E-state index contributed by atoms with van der Waals surface area (Å²) in [5.74, 6) is 1.56. The summed E-state index contributed by atoms with van der Waals surface area (Å²) in [5.41, 5.74) is 0.944. The minimum atomic E-state index is 0.296. The molecule has 0 aliphatic carbocycles. The van der Waals surface area contributed by atoms with Crippen molar-refractivity contribution in [3.8, 4) is 11.3 Å². The first-order chi connectivity index (χ1) is 7.83. The number of hydrogen-bond acceptors (Lipinski definition) is 3. The van der Waals surface area contributed by atoms with Crippen LogP contribution in [-0.4, -0.2) is 14.8 Å². The lowest BCUT2D eigenvalue weighted by Crippen LogP contribution is -1.96. The number of rotatable bonds is 5. The summed E-state index contributed by atoms with van der Waals surface area (Å²) < 4.78 is 7.36. The summed E-state index contributed by atoms with van der Waals surface area (Å²) >= 11 is 5.62. The Kier molecular flexibility index (Phi) is 3.62. The molecule has 0 aromatic carbocycles. The molecule has 0 N–H and O–H groups in total. The van der Waals surface area contributed by atoms with Gasteiger partial charge in [-0.05, 0) is 6.42 Å². The third kappa shape index (κ3) is 2.44. The molecule has 5 heteroatoms. The topological polar surface area (TPSA) is 43.9 Å². The summed E-state index contributed by atoms with van der Waals surface area (Å²) in [7, 11) is 0. The van der Waals surface area contributed by atoms with Crippen LogP contribution in [0.3, 0.4) is 0 Å². The third-order valence-electron chi connectivity index (χ3n) is 2.33. The van der Waals surface area contributed by atoms with Crippen molar-refractivity contribution in [3.05, 3.63) is 24.5 Å². The Bertz CT molecular complexity index is 450. The SMILES string of the molecule is CCCCn1cc(-c2cnc(CCl)o2)cn1. The molecule has 4 nitrogen and oxygen atoms in total. The van der Waals surface area contributed by atoms with Gasteiger partial charge in [0.2, 0.25) is 5.89 Å². The summed E-state index contributed by atoms with van der Waals surface area (Å²) in [6.07, 6.45) is 7.72. The molecule has 0 radical (unpaired) electrons. The molecule has 0 atom stereocenters. The zero-order valence-electron chi connectivity index (χ0n) is 9.19. The molecule has 2 heterocycles. The van der Waals surface area contributed by atoms with Crippen molar-refractivity contribution in [1.29, 1.82) is 0 Å². The highest BCUT2D eigenvalue weighted by Gasteiger charge is 2.07. The van der Waals surface area contributed by atoms with Gasteiger partial charge in [0.05, 0.1) is 23.8 Å². The zero-order chi connectivity index (χ0) is 11.4. The second kappa shape index (κ2) is 5.16. The molecule has 0 aliphatic rings. The predicted molar refractivity (Wildman–Crippen MR) is 62.2 cm³/mol. The highest BCUT2D eigenvalue weighted by atomic mass is 35.5. The Morgan fingerprint density at radius 1 is 1.44 bits per heavy atom. The molecule has 0 spiro atoms. The first kappa shape index (κ1) is 11.2. The van der Waals surface area contributed by atoms with Gasteiger partial charge in [-0.3, -0.25) is 4.68 Å². The van der Waals surface area contributed by atoms with E-state index in [9.17, 15) is 0 Å². The maximum absolute atomic E-state index is 5.62. The smallest absolute Gasteiger partial charge is 0.209 e. The highest BCUT2D eigenvalue weighted by Crippen LogP contribution is 2.20. The van der Waals surface area contributed by atoms with Gasteiger partial charge in [-0.2, -0.15) is 5.10 Å². The summed E-state index contributed by atoms with van der Waals surface area (Å²) in [5, 5.41) is 4.26. The van der Waals surface area contributed by atoms with Gasteiger partial charge in [0.25, 0.3) is 0 Å². The van der Waals surface area contributed by atoms with E-state index in [2.05, 4.69) is 17.0 Å². The fraction of sp³-hybridized carbons (Fsp3) is 0.455. The van der Waals surface area contributed by atoms with Crippen LogP contribution in [0, 0.1) is 0 Å². The zero-order valence-corrected chi connectivity index (χ0v) is 9.94. The average Bonchev–Trinajstić information content (AvgIpc) is 2.94. The molecule has 2 rings (SSSR count). The van der Waals surface area contributed by atoms with Crippen LogP contribution < -0.4 is 0 Å². The van der Waals surface area contributed by atoms with Crippen molar-refractivity contribution < 1.29 is 4.42 Å². The maximum atomic E-state index is 5.62. The molecule has 0 saturated heterocycles. The van der Waals surface area contributed by atoms with Gasteiger partial charge in [0.1, 0.15) is 0 Å². The summed E-state index contributed by atoms with van der Waals surface area (Å²) in [4.78, 5) is 4.05. The van der Waals surface area contributed by atoms with E-state index in [1.54, 1.807) is 12.4 Å². The Hall–Kier alpha value is -1.29. The van der Waals surface area contributed by atoms with E-state index in [-0.39, 0.29) is 0 Å².